The number of amides is 3. The maximum atomic E-state index is 13.1. The first-order valence-electron chi connectivity index (χ1n) is 10.3. The van der Waals surface area contributed by atoms with Crippen LogP contribution in [0.4, 0.5) is 10.1 Å². The van der Waals surface area contributed by atoms with Crippen LogP contribution < -0.4 is 10.6 Å². The Bertz CT molecular complexity index is 992. The predicted octanol–water partition coefficient (Wildman–Crippen LogP) is 2.52. The minimum absolute atomic E-state index is 0.0292. The monoisotopic (exact) mass is 441 g/mol. The Morgan fingerprint density at radius 3 is 2.31 bits per heavy atom. The molecule has 168 valence electrons. The molecule has 0 saturated carbocycles. The number of halogens is 1. The molecule has 0 radical (unpaired) electrons. The van der Waals surface area contributed by atoms with Gasteiger partial charge in [-0.25, -0.2) is 4.39 Å². The number of hydrogen-bond acceptors (Lipinski definition) is 4. The normalized spacial score (nSPS) is 15.7. The smallest absolute Gasteiger partial charge is 0.305 e. The summed E-state index contributed by atoms with van der Waals surface area (Å²) in [6, 6.07) is 11.6. The number of carbonyl (C=O) groups excluding carboxylic acids is 3. The van der Waals surface area contributed by atoms with E-state index in [0.29, 0.717) is 36.2 Å². The summed E-state index contributed by atoms with van der Waals surface area (Å²) in [5.41, 5.74) is 1.24. The van der Waals surface area contributed by atoms with E-state index in [1.807, 2.05) is 0 Å². The number of likely N-dealkylation sites (tertiary alicyclic amines) is 1. The first-order valence-corrected chi connectivity index (χ1v) is 10.3. The molecule has 3 N–H and O–H groups in total. The Morgan fingerprint density at radius 2 is 1.66 bits per heavy atom. The van der Waals surface area contributed by atoms with Crippen molar-refractivity contribution >= 4 is 29.4 Å². The number of anilines is 1. The quantitative estimate of drug-likeness (QED) is 0.611. The maximum Gasteiger partial charge on any atom is 0.305 e. The van der Waals surface area contributed by atoms with E-state index in [1.165, 1.54) is 36.4 Å². The van der Waals surface area contributed by atoms with Gasteiger partial charge in [0.05, 0.1) is 12.3 Å². The van der Waals surface area contributed by atoms with Crippen LogP contribution in [0, 0.1) is 11.7 Å². The van der Waals surface area contributed by atoms with Crippen LogP contribution in [0.1, 0.15) is 40.0 Å². The van der Waals surface area contributed by atoms with Crippen LogP contribution in [-0.2, 0) is 9.59 Å². The number of nitrogens with one attached hydrogen (secondary N) is 2. The van der Waals surface area contributed by atoms with Gasteiger partial charge in [-0.05, 0) is 61.4 Å². The average Bonchev–Trinajstić information content (AvgIpc) is 2.79. The van der Waals surface area contributed by atoms with Gasteiger partial charge in [-0.2, -0.15) is 0 Å². The largest absolute Gasteiger partial charge is 0.481 e. The number of rotatable bonds is 7. The van der Waals surface area contributed by atoms with Gasteiger partial charge in [-0.3, -0.25) is 19.2 Å². The minimum Gasteiger partial charge on any atom is -0.481 e. The van der Waals surface area contributed by atoms with Crippen LogP contribution in [-0.4, -0.2) is 53.3 Å². The number of carboxylic acids is 1. The molecular formula is C23H24FN3O5. The van der Waals surface area contributed by atoms with Crippen LogP contribution >= 0.6 is 0 Å². The molecule has 1 atom stereocenters. The fraction of sp³-hybridized carbons (Fsp3) is 0.304. The molecule has 3 rings (SSSR count). The summed E-state index contributed by atoms with van der Waals surface area (Å²) < 4.78 is 13.1. The van der Waals surface area contributed by atoms with Gasteiger partial charge in [0.25, 0.3) is 11.8 Å². The second-order valence-corrected chi connectivity index (χ2v) is 7.56. The van der Waals surface area contributed by atoms with Gasteiger partial charge in [0.15, 0.2) is 0 Å². The third kappa shape index (κ3) is 6.13. The Morgan fingerprint density at radius 1 is 1.00 bits per heavy atom. The summed E-state index contributed by atoms with van der Waals surface area (Å²) >= 11 is 0. The van der Waals surface area contributed by atoms with Gasteiger partial charge in [-0.15, -0.1) is 0 Å². The molecule has 9 heteroatoms. The Balaban J connectivity index is 1.54. The first-order chi connectivity index (χ1) is 15.3. The standard InChI is InChI=1S/C23H24FN3O5/c24-18-7-3-16(4-8-18)23(32)27-13-1-2-17(14-27)22(31)26-19-9-5-15(6-10-19)21(30)25-12-11-20(28)29/h3-10,17H,1-2,11-14H2,(H,25,30)(H,26,31)(H,28,29). The van der Waals surface area contributed by atoms with Crippen molar-refractivity contribution in [2.24, 2.45) is 5.92 Å². The predicted molar refractivity (Wildman–Crippen MR) is 115 cm³/mol. The summed E-state index contributed by atoms with van der Waals surface area (Å²) in [5, 5.41) is 13.9. The van der Waals surface area contributed by atoms with Crippen molar-refractivity contribution in [1.29, 1.82) is 0 Å². The zero-order valence-electron chi connectivity index (χ0n) is 17.3. The zero-order chi connectivity index (χ0) is 23.1. The molecule has 1 unspecified atom stereocenters. The van der Waals surface area contributed by atoms with Gasteiger partial charge >= 0.3 is 5.97 Å². The Kier molecular flexibility index (Phi) is 7.54. The highest BCUT2D eigenvalue weighted by Gasteiger charge is 2.29. The highest BCUT2D eigenvalue weighted by Crippen LogP contribution is 2.21. The lowest BCUT2D eigenvalue weighted by molar-refractivity contribution is -0.136. The lowest BCUT2D eigenvalue weighted by atomic mass is 9.96. The number of aliphatic carboxylic acids is 1. The number of hydrogen-bond donors (Lipinski definition) is 3. The van der Waals surface area contributed by atoms with Crippen molar-refractivity contribution in [2.75, 3.05) is 25.0 Å². The number of carbonyl (C=O) groups is 4. The van der Waals surface area contributed by atoms with E-state index in [4.69, 9.17) is 5.11 Å². The number of piperidine rings is 1. The molecule has 0 aliphatic carbocycles. The molecule has 1 aliphatic heterocycles. The minimum atomic E-state index is -0.996. The first kappa shape index (κ1) is 22.9. The highest BCUT2D eigenvalue weighted by atomic mass is 19.1. The summed E-state index contributed by atoms with van der Waals surface area (Å²) in [4.78, 5) is 49.5. The van der Waals surface area contributed by atoms with E-state index < -0.39 is 17.7 Å². The van der Waals surface area contributed by atoms with Crippen LogP contribution in [0.25, 0.3) is 0 Å². The van der Waals surface area contributed by atoms with Crippen LogP contribution in [0.2, 0.25) is 0 Å². The van der Waals surface area contributed by atoms with Crippen molar-refractivity contribution in [3.8, 4) is 0 Å². The van der Waals surface area contributed by atoms with Gasteiger partial charge in [0.2, 0.25) is 5.91 Å². The van der Waals surface area contributed by atoms with Crippen molar-refractivity contribution in [2.45, 2.75) is 19.3 Å². The second kappa shape index (κ2) is 10.5. The molecule has 0 bridgehead atoms. The van der Waals surface area contributed by atoms with Crippen LogP contribution in [0.3, 0.4) is 0 Å². The average molecular weight is 441 g/mol. The topological polar surface area (TPSA) is 116 Å². The lowest BCUT2D eigenvalue weighted by Gasteiger charge is -2.32. The van der Waals surface area contributed by atoms with E-state index in [2.05, 4.69) is 10.6 Å². The molecule has 1 fully saturated rings. The molecule has 3 amide bonds. The lowest BCUT2D eigenvalue weighted by Crippen LogP contribution is -2.43. The van der Waals surface area contributed by atoms with Crippen molar-refractivity contribution in [3.63, 3.8) is 0 Å². The molecule has 8 nitrogen and oxygen atoms in total. The van der Waals surface area contributed by atoms with Crippen LogP contribution in [0.15, 0.2) is 48.5 Å². The zero-order valence-corrected chi connectivity index (χ0v) is 17.3. The summed E-state index contributed by atoms with van der Waals surface area (Å²) in [7, 11) is 0. The molecule has 0 aromatic heterocycles. The summed E-state index contributed by atoms with van der Waals surface area (Å²) in [6.45, 7) is 0.833. The van der Waals surface area contributed by atoms with E-state index >= 15 is 0 Å². The maximum absolute atomic E-state index is 13.1. The Hall–Kier alpha value is -3.75. The van der Waals surface area contributed by atoms with Gasteiger partial charge < -0.3 is 20.6 Å². The molecular weight excluding hydrogens is 417 g/mol. The highest BCUT2D eigenvalue weighted by molar-refractivity contribution is 5.97. The van der Waals surface area contributed by atoms with Gasteiger partial charge in [-0.1, -0.05) is 0 Å². The number of nitrogens with zero attached hydrogens (tertiary/aromatic N) is 1. The molecule has 1 saturated heterocycles. The number of carboxylic acid groups (broad SMARTS) is 1. The second-order valence-electron chi connectivity index (χ2n) is 7.56. The van der Waals surface area contributed by atoms with E-state index in [1.54, 1.807) is 17.0 Å². The Labute approximate surface area is 184 Å². The molecule has 32 heavy (non-hydrogen) atoms. The third-order valence-corrected chi connectivity index (χ3v) is 5.21. The van der Waals surface area contributed by atoms with E-state index in [-0.39, 0.29) is 37.2 Å². The molecule has 2 aromatic carbocycles. The van der Waals surface area contributed by atoms with Gasteiger partial charge in [0, 0.05) is 36.4 Å². The van der Waals surface area contributed by atoms with Crippen molar-refractivity contribution in [1.82, 2.24) is 10.2 Å². The molecule has 1 heterocycles. The third-order valence-electron chi connectivity index (χ3n) is 5.21. The van der Waals surface area contributed by atoms with E-state index in [0.717, 1.165) is 0 Å². The molecule has 1 aliphatic rings. The summed E-state index contributed by atoms with van der Waals surface area (Å²) in [6.07, 6.45) is 1.16. The van der Waals surface area contributed by atoms with Crippen molar-refractivity contribution < 1.29 is 28.7 Å². The molecule has 2 aromatic rings. The molecule has 0 spiro atoms. The fourth-order valence-corrected chi connectivity index (χ4v) is 3.48. The SMILES string of the molecule is O=C(O)CCNC(=O)c1ccc(NC(=O)C2CCCN(C(=O)c3ccc(F)cc3)C2)cc1. The van der Waals surface area contributed by atoms with Gasteiger partial charge in [0.1, 0.15) is 5.82 Å². The van der Waals surface area contributed by atoms with E-state index in [9.17, 15) is 23.6 Å². The summed E-state index contributed by atoms with van der Waals surface area (Å²) in [5.74, 6) is -2.65. The fourth-order valence-electron chi connectivity index (χ4n) is 3.48. The van der Waals surface area contributed by atoms with Crippen LogP contribution in [0.5, 0.6) is 0 Å². The number of benzene rings is 2. The van der Waals surface area contributed by atoms with Crippen molar-refractivity contribution in [3.05, 3.63) is 65.5 Å².